The molecule has 0 atom stereocenters. The van der Waals surface area contributed by atoms with E-state index in [1.165, 1.54) is 11.7 Å². The van der Waals surface area contributed by atoms with Gasteiger partial charge in [0.05, 0.1) is 30.9 Å². The summed E-state index contributed by atoms with van der Waals surface area (Å²) >= 11 is 11.4. The molecule has 0 unspecified atom stereocenters. The van der Waals surface area contributed by atoms with Crippen molar-refractivity contribution in [2.24, 2.45) is 0 Å². The molecule has 3 nitrogen and oxygen atoms in total. The molecule has 1 aromatic carbocycles. The first-order chi connectivity index (χ1) is 11.2. The van der Waals surface area contributed by atoms with Gasteiger partial charge in [-0.2, -0.15) is 14.0 Å². The fourth-order valence-electron chi connectivity index (χ4n) is 2.37. The van der Waals surface area contributed by atoms with Crippen molar-refractivity contribution in [3.05, 3.63) is 43.5 Å². The molecule has 0 saturated heterocycles. The van der Waals surface area contributed by atoms with Gasteiger partial charge in [0.25, 0.3) is 0 Å². The molecule has 3 aromatic heterocycles. The van der Waals surface area contributed by atoms with E-state index in [1.807, 2.05) is 30.3 Å². The maximum atomic E-state index is 9.65. The molecule has 3 heterocycles. The van der Waals surface area contributed by atoms with Gasteiger partial charge < -0.3 is 0 Å². The van der Waals surface area contributed by atoms with Gasteiger partial charge in [0.2, 0.25) is 0 Å². The van der Waals surface area contributed by atoms with Crippen LogP contribution < -0.4 is 0 Å². The SMILES string of the molecule is N#Cc1cc(-c2ccc(Br)s2)c2nsnc2c1-c1ccc(Br)s1. The van der Waals surface area contributed by atoms with Crippen molar-refractivity contribution in [1.29, 1.82) is 5.26 Å². The van der Waals surface area contributed by atoms with Crippen molar-refractivity contribution in [2.45, 2.75) is 0 Å². The van der Waals surface area contributed by atoms with E-state index >= 15 is 0 Å². The number of benzene rings is 1. The van der Waals surface area contributed by atoms with Crippen LogP contribution in [0.1, 0.15) is 5.56 Å². The molecule has 0 amide bonds. The second-order valence-electron chi connectivity index (χ2n) is 4.63. The van der Waals surface area contributed by atoms with Crippen LogP contribution in [-0.2, 0) is 0 Å². The number of aromatic nitrogens is 2. The average Bonchev–Trinajstić information content (AvgIpc) is 3.26. The van der Waals surface area contributed by atoms with E-state index in [1.54, 1.807) is 22.7 Å². The molecule has 0 spiro atoms. The highest BCUT2D eigenvalue weighted by Gasteiger charge is 2.20. The fraction of sp³-hybridized carbons (Fsp3) is 0. The molecule has 0 fully saturated rings. The highest BCUT2D eigenvalue weighted by Crippen LogP contribution is 2.42. The Kier molecular flexibility index (Phi) is 4.07. The molecule has 112 valence electrons. The summed E-state index contributed by atoms with van der Waals surface area (Å²) in [5.74, 6) is 0. The Hall–Kier alpha value is -1.11. The molecule has 23 heavy (non-hydrogen) atoms. The van der Waals surface area contributed by atoms with Gasteiger partial charge in [-0.3, -0.25) is 0 Å². The number of hydrogen-bond donors (Lipinski definition) is 0. The first-order valence-corrected chi connectivity index (χ1v) is 10.3. The van der Waals surface area contributed by atoms with Crippen molar-refractivity contribution in [3.8, 4) is 27.0 Å². The van der Waals surface area contributed by atoms with Crippen molar-refractivity contribution >= 4 is 77.3 Å². The van der Waals surface area contributed by atoms with E-state index < -0.39 is 0 Å². The van der Waals surface area contributed by atoms with E-state index in [-0.39, 0.29) is 0 Å². The Balaban J connectivity index is 2.07. The largest absolute Gasteiger partial charge is 0.192 e. The van der Waals surface area contributed by atoms with Crippen LogP contribution in [0.3, 0.4) is 0 Å². The standard InChI is InChI=1S/C15H5Br2N3S3/c16-11-3-1-9(21-11)8-5-7(6-18)13(10-2-4-12(17)22-10)15-14(8)19-23-20-15/h1-5H. The predicted molar refractivity (Wildman–Crippen MR) is 104 cm³/mol. The minimum absolute atomic E-state index is 0.624. The van der Waals surface area contributed by atoms with Crippen molar-refractivity contribution in [3.63, 3.8) is 0 Å². The van der Waals surface area contributed by atoms with Crippen LogP contribution in [-0.4, -0.2) is 8.75 Å². The quantitative estimate of drug-likeness (QED) is 0.325. The van der Waals surface area contributed by atoms with Gasteiger partial charge in [0, 0.05) is 20.9 Å². The number of thiophene rings is 2. The van der Waals surface area contributed by atoms with Crippen LogP contribution in [0.15, 0.2) is 37.9 Å². The first-order valence-electron chi connectivity index (χ1n) is 6.38. The summed E-state index contributed by atoms with van der Waals surface area (Å²) in [4.78, 5) is 2.09. The molecule has 0 saturated carbocycles. The lowest BCUT2D eigenvalue weighted by Gasteiger charge is -2.06. The van der Waals surface area contributed by atoms with Gasteiger partial charge in [-0.1, -0.05) is 0 Å². The van der Waals surface area contributed by atoms with Crippen LogP contribution >= 0.6 is 66.3 Å². The number of hydrogen-bond acceptors (Lipinski definition) is 6. The molecule has 4 rings (SSSR count). The third-order valence-corrected chi connectivity index (χ3v) is 7.14. The zero-order chi connectivity index (χ0) is 16.0. The number of rotatable bonds is 2. The Morgan fingerprint density at radius 1 is 0.913 bits per heavy atom. The van der Waals surface area contributed by atoms with Gasteiger partial charge in [-0.15, -0.1) is 22.7 Å². The molecule has 0 aliphatic heterocycles. The zero-order valence-electron chi connectivity index (χ0n) is 11.2. The number of fused-ring (bicyclic) bond motifs is 1. The Labute approximate surface area is 160 Å². The molecule has 0 aliphatic rings. The summed E-state index contributed by atoms with van der Waals surface area (Å²) in [7, 11) is 0. The van der Waals surface area contributed by atoms with E-state index in [2.05, 4.69) is 46.7 Å². The summed E-state index contributed by atoms with van der Waals surface area (Å²) in [6.45, 7) is 0. The third-order valence-electron chi connectivity index (χ3n) is 3.32. The highest BCUT2D eigenvalue weighted by molar-refractivity contribution is 9.11. The van der Waals surface area contributed by atoms with Gasteiger partial charge in [0.1, 0.15) is 11.0 Å². The monoisotopic (exact) mass is 481 g/mol. The van der Waals surface area contributed by atoms with Gasteiger partial charge in [-0.25, -0.2) is 0 Å². The smallest absolute Gasteiger partial charge is 0.115 e. The lowest BCUT2D eigenvalue weighted by atomic mass is 10.00. The van der Waals surface area contributed by atoms with E-state index in [0.29, 0.717) is 5.56 Å². The summed E-state index contributed by atoms with van der Waals surface area (Å²) < 4.78 is 11.0. The molecule has 0 N–H and O–H groups in total. The third kappa shape index (κ3) is 2.66. The maximum Gasteiger partial charge on any atom is 0.115 e. The number of nitriles is 1. The topological polar surface area (TPSA) is 49.6 Å². The Morgan fingerprint density at radius 3 is 2.17 bits per heavy atom. The van der Waals surface area contributed by atoms with Crippen molar-refractivity contribution in [2.75, 3.05) is 0 Å². The van der Waals surface area contributed by atoms with E-state index in [4.69, 9.17) is 0 Å². The summed E-state index contributed by atoms with van der Waals surface area (Å²) in [5.41, 5.74) is 4.09. The summed E-state index contributed by atoms with van der Waals surface area (Å²) in [6, 6.07) is 12.3. The fourth-order valence-corrected chi connectivity index (χ4v) is 5.79. The van der Waals surface area contributed by atoms with Crippen molar-refractivity contribution < 1.29 is 0 Å². The van der Waals surface area contributed by atoms with Gasteiger partial charge >= 0.3 is 0 Å². The molecule has 0 bridgehead atoms. The second kappa shape index (κ2) is 6.07. The molecule has 0 aliphatic carbocycles. The van der Waals surface area contributed by atoms with Crippen LogP contribution in [0.2, 0.25) is 0 Å². The predicted octanol–water partition coefficient (Wildman–Crippen LogP) is 6.54. The molecule has 8 heteroatoms. The Morgan fingerprint density at radius 2 is 1.57 bits per heavy atom. The highest BCUT2D eigenvalue weighted by atomic mass is 79.9. The number of nitrogens with zero attached hydrogens (tertiary/aromatic N) is 3. The first kappa shape index (κ1) is 15.4. The minimum atomic E-state index is 0.624. The molecule has 0 radical (unpaired) electrons. The second-order valence-corrected chi connectivity index (χ2v) is 10.1. The van der Waals surface area contributed by atoms with Crippen LogP contribution in [0, 0.1) is 11.3 Å². The lowest BCUT2D eigenvalue weighted by Crippen LogP contribution is -1.88. The van der Waals surface area contributed by atoms with Gasteiger partial charge in [0.15, 0.2) is 0 Å². The van der Waals surface area contributed by atoms with Crippen LogP contribution in [0.4, 0.5) is 0 Å². The number of halogens is 2. The zero-order valence-corrected chi connectivity index (χ0v) is 16.8. The minimum Gasteiger partial charge on any atom is -0.192 e. The van der Waals surface area contributed by atoms with Gasteiger partial charge in [-0.05, 0) is 62.2 Å². The van der Waals surface area contributed by atoms with E-state index in [0.717, 1.165) is 39.5 Å². The maximum absolute atomic E-state index is 9.65. The van der Waals surface area contributed by atoms with Crippen LogP contribution in [0.5, 0.6) is 0 Å². The molecular formula is C15H5Br2N3S3. The summed E-state index contributed by atoms with van der Waals surface area (Å²) in [5, 5.41) is 9.65. The molecule has 4 aromatic rings. The Bertz CT molecular complexity index is 1070. The molecular weight excluding hydrogens is 478 g/mol. The summed E-state index contributed by atoms with van der Waals surface area (Å²) in [6.07, 6.45) is 0. The van der Waals surface area contributed by atoms with Crippen molar-refractivity contribution in [1.82, 2.24) is 8.75 Å². The normalized spacial score (nSPS) is 11.0. The lowest BCUT2D eigenvalue weighted by molar-refractivity contribution is 1.49. The average molecular weight is 483 g/mol. The van der Waals surface area contributed by atoms with E-state index in [9.17, 15) is 5.26 Å². The van der Waals surface area contributed by atoms with Crippen LogP contribution in [0.25, 0.3) is 31.9 Å².